The van der Waals surface area contributed by atoms with Crippen molar-refractivity contribution in [1.29, 1.82) is 0 Å². The maximum absolute atomic E-state index is 6.74. The monoisotopic (exact) mass is 754 g/mol. The minimum atomic E-state index is -1.47. The lowest BCUT2D eigenvalue weighted by atomic mass is 10.0. The number of aryl methyl sites for hydroxylation is 4. The molecule has 278 valence electrons. The van der Waals surface area contributed by atoms with Crippen LogP contribution in [0, 0.1) is 83.1 Å². The highest BCUT2D eigenvalue weighted by Gasteiger charge is 2.24. The highest BCUT2D eigenvalue weighted by molar-refractivity contribution is 7.57. The van der Waals surface area contributed by atoms with Crippen LogP contribution in [0.25, 0.3) is 11.1 Å². The van der Waals surface area contributed by atoms with E-state index >= 15 is 0 Å². The van der Waals surface area contributed by atoms with Gasteiger partial charge in [-0.3, -0.25) is 0 Å². The first-order valence-corrected chi connectivity index (χ1v) is 20.9. The second-order valence-corrected chi connectivity index (χ2v) is 17.3. The van der Waals surface area contributed by atoms with E-state index in [1.165, 1.54) is 44.5 Å². The lowest BCUT2D eigenvalue weighted by molar-refractivity contribution is 0.496. The average Bonchev–Trinajstić information content (AvgIpc) is 3.17. The molecule has 4 nitrogen and oxygen atoms in total. The molecule has 0 atom stereocenters. The van der Waals surface area contributed by atoms with Gasteiger partial charge in [0.1, 0.15) is 23.0 Å². The molecule has 0 radical (unpaired) electrons. The van der Waals surface area contributed by atoms with E-state index in [9.17, 15) is 0 Å². The molecule has 0 amide bonds. The Balaban J connectivity index is 1.30. The molecule has 0 fully saturated rings. The van der Waals surface area contributed by atoms with Gasteiger partial charge < -0.3 is 18.1 Å². The van der Waals surface area contributed by atoms with Crippen molar-refractivity contribution in [3.05, 3.63) is 164 Å². The molecule has 0 saturated heterocycles. The first-order chi connectivity index (χ1) is 25.7. The quantitative estimate of drug-likeness (QED) is 0.123. The zero-order chi connectivity index (χ0) is 38.8. The molecule has 0 aromatic heterocycles. The number of benzene rings is 6. The van der Waals surface area contributed by atoms with Gasteiger partial charge in [-0.05, 0) is 210 Å². The van der Waals surface area contributed by atoms with E-state index in [1.54, 1.807) is 0 Å². The van der Waals surface area contributed by atoms with E-state index in [-0.39, 0.29) is 0 Å². The van der Waals surface area contributed by atoms with Crippen LogP contribution in [0.3, 0.4) is 0 Å². The van der Waals surface area contributed by atoms with E-state index in [0.29, 0.717) is 0 Å². The Kier molecular flexibility index (Phi) is 11.9. The van der Waals surface area contributed by atoms with E-state index in [1.807, 2.05) is 0 Å². The lowest BCUT2D eigenvalue weighted by Gasteiger charge is -2.23. The molecule has 0 spiro atoms. The fourth-order valence-corrected chi connectivity index (χ4v) is 9.06. The van der Waals surface area contributed by atoms with Crippen LogP contribution in [-0.2, 0) is 0 Å². The highest BCUT2D eigenvalue weighted by Crippen LogP contribution is 2.45. The second kappa shape index (κ2) is 16.4. The Morgan fingerprint density at radius 2 is 0.481 bits per heavy atom. The van der Waals surface area contributed by atoms with Crippen molar-refractivity contribution in [3.63, 3.8) is 0 Å². The number of rotatable bonds is 11. The molecule has 0 bridgehead atoms. The van der Waals surface area contributed by atoms with Gasteiger partial charge in [0, 0.05) is 0 Å². The molecule has 0 aliphatic carbocycles. The normalized spacial score (nSPS) is 11.3. The zero-order valence-corrected chi connectivity index (χ0v) is 35.6. The lowest BCUT2D eigenvalue weighted by Crippen LogP contribution is -2.12. The molecular formula is C48H52O4P2. The van der Waals surface area contributed by atoms with Gasteiger partial charge in [-0.15, -0.1) is 0 Å². The smallest absolute Gasteiger partial charge is 0.326 e. The van der Waals surface area contributed by atoms with Crippen molar-refractivity contribution >= 4 is 27.4 Å². The summed E-state index contributed by atoms with van der Waals surface area (Å²) in [5.74, 6) is 3.38. The summed E-state index contributed by atoms with van der Waals surface area (Å²) >= 11 is 0. The van der Waals surface area contributed by atoms with Crippen molar-refractivity contribution in [2.75, 3.05) is 0 Å². The molecule has 0 N–H and O–H groups in total. The van der Waals surface area contributed by atoms with Crippen LogP contribution in [0.4, 0.5) is 0 Å². The summed E-state index contributed by atoms with van der Waals surface area (Å²) in [5, 5.41) is 2.00. The van der Waals surface area contributed by atoms with Crippen LogP contribution in [-0.4, -0.2) is 0 Å². The molecule has 54 heavy (non-hydrogen) atoms. The van der Waals surface area contributed by atoms with E-state index < -0.39 is 16.8 Å². The summed E-state index contributed by atoms with van der Waals surface area (Å²) < 4.78 is 27.0. The summed E-state index contributed by atoms with van der Waals surface area (Å²) in [4.78, 5) is 0. The van der Waals surface area contributed by atoms with Crippen molar-refractivity contribution in [2.24, 2.45) is 0 Å². The van der Waals surface area contributed by atoms with Gasteiger partial charge in [0.05, 0.1) is 10.6 Å². The molecule has 0 saturated carbocycles. The maximum Gasteiger partial charge on any atom is 0.326 e. The predicted octanol–water partition coefficient (Wildman–Crippen LogP) is 13.2. The van der Waals surface area contributed by atoms with Gasteiger partial charge in [0.15, 0.2) is 0 Å². The fourth-order valence-electron chi connectivity index (χ4n) is 6.28. The van der Waals surface area contributed by atoms with Crippen molar-refractivity contribution in [2.45, 2.75) is 83.1 Å². The third-order valence-corrected chi connectivity index (χ3v) is 14.1. The van der Waals surface area contributed by atoms with Gasteiger partial charge in [-0.2, -0.15) is 0 Å². The predicted molar refractivity (Wildman–Crippen MR) is 230 cm³/mol. The van der Waals surface area contributed by atoms with Crippen LogP contribution in [0.15, 0.2) is 97.1 Å². The first kappa shape index (κ1) is 39.1. The molecule has 0 heterocycles. The number of hydrogen-bond acceptors (Lipinski definition) is 4. The largest absolute Gasteiger partial charge is 0.435 e. The van der Waals surface area contributed by atoms with Crippen molar-refractivity contribution in [3.8, 4) is 34.1 Å². The van der Waals surface area contributed by atoms with Crippen LogP contribution in [0.5, 0.6) is 23.0 Å². The maximum atomic E-state index is 6.74. The minimum absolute atomic E-state index is 0.846. The van der Waals surface area contributed by atoms with Crippen LogP contribution < -0.4 is 28.7 Å². The van der Waals surface area contributed by atoms with Gasteiger partial charge in [-0.1, -0.05) is 48.5 Å². The molecule has 6 rings (SSSR count). The summed E-state index contributed by atoms with van der Waals surface area (Å²) in [5.41, 5.74) is 16.7. The van der Waals surface area contributed by atoms with E-state index in [0.717, 1.165) is 67.0 Å². The Bertz CT molecular complexity index is 2030. The van der Waals surface area contributed by atoms with Gasteiger partial charge in [-0.25, -0.2) is 0 Å². The van der Waals surface area contributed by atoms with Crippen LogP contribution in [0.2, 0.25) is 0 Å². The summed E-state index contributed by atoms with van der Waals surface area (Å²) in [7, 11) is -2.95. The summed E-state index contributed by atoms with van der Waals surface area (Å²) in [6.45, 7) is 25.6. The number of hydrogen-bond donors (Lipinski definition) is 0. The van der Waals surface area contributed by atoms with Crippen molar-refractivity contribution < 1.29 is 18.1 Å². The Morgan fingerprint density at radius 1 is 0.259 bits per heavy atom. The Morgan fingerprint density at radius 3 is 0.704 bits per heavy atom. The fraction of sp³-hybridized carbons (Fsp3) is 0.250. The molecule has 0 aliphatic rings. The first-order valence-electron chi connectivity index (χ1n) is 18.5. The van der Waals surface area contributed by atoms with Crippen LogP contribution in [0.1, 0.15) is 66.8 Å². The SMILES string of the molecule is Cc1ccc(OP(Oc2ccc(C)c(C)c2C)c2ccc(-c3ccc(P(Oc4ccc(C)c(C)c4C)Oc4ccc(C)c(C)c4C)cc3)cc2)c(C)c1C. The van der Waals surface area contributed by atoms with Crippen LogP contribution >= 0.6 is 16.8 Å². The Hall–Kier alpha value is -4.62. The van der Waals surface area contributed by atoms with Crippen molar-refractivity contribution in [1.82, 2.24) is 0 Å². The van der Waals surface area contributed by atoms with Gasteiger partial charge in [0.25, 0.3) is 0 Å². The molecule has 6 aromatic rings. The molecule has 6 aromatic carbocycles. The minimum Gasteiger partial charge on any atom is -0.435 e. The third kappa shape index (κ3) is 8.22. The summed E-state index contributed by atoms with van der Waals surface area (Å²) in [6.07, 6.45) is 0. The van der Waals surface area contributed by atoms with E-state index in [4.69, 9.17) is 18.1 Å². The Labute approximate surface area is 325 Å². The second-order valence-electron chi connectivity index (χ2n) is 14.5. The summed E-state index contributed by atoms with van der Waals surface area (Å²) in [6, 6.07) is 33.8. The molecular weight excluding hydrogens is 702 g/mol. The van der Waals surface area contributed by atoms with Gasteiger partial charge in [0.2, 0.25) is 0 Å². The zero-order valence-electron chi connectivity index (χ0n) is 33.8. The third-order valence-electron chi connectivity index (χ3n) is 11.2. The highest BCUT2D eigenvalue weighted by atomic mass is 31.2. The molecule has 6 heteroatoms. The average molecular weight is 755 g/mol. The van der Waals surface area contributed by atoms with E-state index in [2.05, 4.69) is 180 Å². The standard InChI is InChI=1S/C48H52O4P2/c1-29-13-25-45(37(9)33(29)5)49-53(50-46-26-14-30(2)34(6)38(46)10)43-21-17-41(18-22-43)42-19-23-44(24-20-42)54(51-47-27-15-31(3)35(7)39(47)11)52-48-28-16-32(4)36(8)40(48)12/h13-28H,1-12H3. The molecule has 0 unspecified atom stereocenters. The topological polar surface area (TPSA) is 36.9 Å². The van der Waals surface area contributed by atoms with Gasteiger partial charge >= 0.3 is 16.8 Å². The molecule has 0 aliphatic heterocycles.